The molecule has 0 aromatic heterocycles. The first-order chi connectivity index (χ1) is 4.62. The van der Waals surface area contributed by atoms with Crippen LogP contribution in [0.1, 0.15) is 26.7 Å². The van der Waals surface area contributed by atoms with Crippen LogP contribution in [0.3, 0.4) is 0 Å². The van der Waals surface area contributed by atoms with Crippen molar-refractivity contribution < 1.29 is 4.43 Å². The zero-order valence-corrected chi connectivity index (χ0v) is 10.3. The highest BCUT2D eigenvalue weighted by atomic mass is 127. The number of unbranched alkanes of at least 4 members (excludes halogenated alkanes) is 1. The van der Waals surface area contributed by atoms with Crippen molar-refractivity contribution >= 4 is 27.6 Å². The molecule has 0 saturated carbocycles. The number of rotatable bonds is 5. The molecule has 1 unspecified atom stereocenters. The van der Waals surface area contributed by atoms with E-state index in [1.807, 2.05) is 0 Å². The van der Waals surface area contributed by atoms with Crippen LogP contribution in [0.25, 0.3) is 0 Å². The highest BCUT2D eigenvalue weighted by molar-refractivity contribution is 14.1. The van der Waals surface area contributed by atoms with Gasteiger partial charge in [-0.05, 0) is 19.5 Å². The zero-order chi connectivity index (χ0) is 8.04. The Hall–Kier alpha value is 0.907. The van der Waals surface area contributed by atoms with Crippen LogP contribution in [0.15, 0.2) is 0 Å². The second-order valence-corrected chi connectivity index (χ2v) is 12.5. The second kappa shape index (κ2) is 5.54. The van der Waals surface area contributed by atoms with Gasteiger partial charge in [-0.25, -0.2) is 0 Å². The first kappa shape index (κ1) is 10.9. The summed E-state index contributed by atoms with van der Waals surface area (Å²) in [4.78, 5) is 0. The van der Waals surface area contributed by atoms with Crippen molar-refractivity contribution in [1.82, 2.24) is 0 Å². The summed E-state index contributed by atoms with van der Waals surface area (Å²) in [7, 11) is 0. The van der Waals surface area contributed by atoms with E-state index in [4.69, 9.17) is 4.43 Å². The van der Waals surface area contributed by atoms with E-state index in [2.05, 4.69) is 42.2 Å². The molecule has 0 fully saturated rings. The third kappa shape index (κ3) is 5.67. The summed E-state index contributed by atoms with van der Waals surface area (Å²) >= 11 is 2.52. The molecule has 1 nitrogen and oxygen atoms in total. The Morgan fingerprint density at radius 1 is 1.40 bits per heavy atom. The van der Waals surface area contributed by atoms with E-state index in [1.165, 1.54) is 18.9 Å². The Kier molecular flexibility index (Phi) is 6.05. The molecule has 10 heavy (non-hydrogen) atoms. The minimum Gasteiger partial charge on any atom is -0.408 e. The van der Waals surface area contributed by atoms with E-state index < -0.39 is 5.81 Å². The molecular formula is C7H17IOSi. The third-order valence-electron chi connectivity index (χ3n) is 1.42. The van der Waals surface area contributed by atoms with Gasteiger partial charge < -0.3 is 4.43 Å². The minimum absolute atomic E-state index is 0.884. The van der Waals surface area contributed by atoms with Crippen LogP contribution in [-0.4, -0.2) is 12.4 Å². The van der Waals surface area contributed by atoms with Crippen LogP contribution < -0.4 is 0 Å². The molecule has 0 heterocycles. The van der Waals surface area contributed by atoms with Crippen LogP contribution in [0.2, 0.25) is 12.6 Å². The highest BCUT2D eigenvalue weighted by Crippen LogP contribution is 2.22. The molecular weight excluding hydrogens is 255 g/mol. The van der Waals surface area contributed by atoms with Crippen LogP contribution >= 0.6 is 21.8 Å². The molecule has 0 radical (unpaired) electrons. The van der Waals surface area contributed by atoms with Gasteiger partial charge in [0.15, 0.2) is 0 Å². The monoisotopic (exact) mass is 272 g/mol. The fourth-order valence-corrected chi connectivity index (χ4v) is 4.68. The molecule has 0 rings (SSSR count). The number of hydrogen-bond donors (Lipinski definition) is 0. The molecule has 1 atom stereocenters. The van der Waals surface area contributed by atoms with Gasteiger partial charge >= 0.3 is 0 Å². The Morgan fingerprint density at radius 3 is 2.40 bits per heavy atom. The molecule has 0 spiro atoms. The van der Waals surface area contributed by atoms with E-state index in [-0.39, 0.29) is 0 Å². The molecule has 0 aliphatic rings. The van der Waals surface area contributed by atoms with E-state index in [0.717, 1.165) is 6.61 Å². The first-order valence-corrected chi connectivity index (χ1v) is 9.68. The lowest BCUT2D eigenvalue weighted by Gasteiger charge is -2.18. The summed E-state index contributed by atoms with van der Waals surface area (Å²) in [5.41, 5.74) is 0. The van der Waals surface area contributed by atoms with Gasteiger partial charge in [-0.15, -0.1) is 0 Å². The van der Waals surface area contributed by atoms with Gasteiger partial charge in [0, 0.05) is 6.61 Å². The zero-order valence-electron chi connectivity index (χ0n) is 7.11. The molecule has 0 aromatic rings. The number of halogens is 1. The lowest BCUT2D eigenvalue weighted by atomic mass is 10.4. The Bertz CT molecular complexity index is 85.7. The van der Waals surface area contributed by atoms with Crippen LogP contribution in [0, 0.1) is 0 Å². The molecule has 0 saturated heterocycles. The van der Waals surface area contributed by atoms with Crippen molar-refractivity contribution in [2.24, 2.45) is 0 Å². The van der Waals surface area contributed by atoms with E-state index in [1.54, 1.807) is 0 Å². The molecule has 0 amide bonds. The molecule has 0 N–H and O–H groups in total. The quantitative estimate of drug-likeness (QED) is 0.424. The standard InChI is InChI=1S/C7H17IOSi/c1-4-6-7-10(3,8)9-5-2/h4-7H2,1-3H3. The van der Waals surface area contributed by atoms with Gasteiger partial charge in [-0.1, -0.05) is 41.6 Å². The molecule has 0 bridgehead atoms. The van der Waals surface area contributed by atoms with Crippen LogP contribution in [-0.2, 0) is 4.43 Å². The van der Waals surface area contributed by atoms with Crippen molar-refractivity contribution in [1.29, 1.82) is 0 Å². The van der Waals surface area contributed by atoms with Crippen LogP contribution in [0.4, 0.5) is 0 Å². The topological polar surface area (TPSA) is 9.23 Å². The maximum absolute atomic E-state index is 5.66. The molecule has 3 heteroatoms. The summed E-state index contributed by atoms with van der Waals surface area (Å²) < 4.78 is 5.66. The maximum atomic E-state index is 5.66. The average Bonchev–Trinajstić information content (AvgIpc) is 1.84. The van der Waals surface area contributed by atoms with Gasteiger partial charge in [0.2, 0.25) is 0 Å². The highest BCUT2D eigenvalue weighted by Gasteiger charge is 2.22. The van der Waals surface area contributed by atoms with E-state index >= 15 is 0 Å². The average molecular weight is 272 g/mol. The normalized spacial score (nSPS) is 16.8. The molecule has 62 valence electrons. The van der Waals surface area contributed by atoms with Crippen molar-refractivity contribution in [3.63, 3.8) is 0 Å². The lowest BCUT2D eigenvalue weighted by Crippen LogP contribution is -2.25. The lowest BCUT2D eigenvalue weighted by molar-refractivity contribution is 0.342. The minimum atomic E-state index is -1.25. The Morgan fingerprint density at radius 2 is 2.00 bits per heavy atom. The molecule has 0 aliphatic heterocycles. The Labute approximate surface area is 77.9 Å². The fraction of sp³-hybridized carbons (Fsp3) is 1.00. The summed E-state index contributed by atoms with van der Waals surface area (Å²) in [5, 5.41) is 0. The van der Waals surface area contributed by atoms with Gasteiger partial charge in [0.05, 0.1) is 0 Å². The van der Waals surface area contributed by atoms with Crippen LogP contribution in [0.5, 0.6) is 0 Å². The summed E-state index contributed by atoms with van der Waals surface area (Å²) in [6.45, 7) is 7.48. The second-order valence-electron chi connectivity index (χ2n) is 2.64. The largest absolute Gasteiger partial charge is 0.408 e. The predicted octanol–water partition coefficient (Wildman–Crippen LogP) is 3.33. The van der Waals surface area contributed by atoms with Gasteiger partial charge in [0.25, 0.3) is 5.81 Å². The molecule has 0 aliphatic carbocycles. The van der Waals surface area contributed by atoms with Gasteiger partial charge in [0.1, 0.15) is 0 Å². The first-order valence-electron chi connectivity index (χ1n) is 3.95. The maximum Gasteiger partial charge on any atom is 0.255 e. The predicted molar refractivity (Wildman–Crippen MR) is 57.0 cm³/mol. The third-order valence-corrected chi connectivity index (χ3v) is 6.11. The Balaban J connectivity index is 3.42. The summed E-state index contributed by atoms with van der Waals surface area (Å²) in [6, 6.07) is 1.30. The van der Waals surface area contributed by atoms with Crippen molar-refractivity contribution in [3.8, 4) is 0 Å². The van der Waals surface area contributed by atoms with Gasteiger partial charge in [-0.3, -0.25) is 0 Å². The van der Waals surface area contributed by atoms with E-state index in [0.29, 0.717) is 0 Å². The smallest absolute Gasteiger partial charge is 0.255 e. The van der Waals surface area contributed by atoms with Gasteiger partial charge in [-0.2, -0.15) is 0 Å². The van der Waals surface area contributed by atoms with Crippen molar-refractivity contribution in [2.75, 3.05) is 6.61 Å². The van der Waals surface area contributed by atoms with Crippen molar-refractivity contribution in [2.45, 2.75) is 39.3 Å². The van der Waals surface area contributed by atoms with Crippen molar-refractivity contribution in [3.05, 3.63) is 0 Å². The SMILES string of the molecule is CCCC[Si](C)(I)OCC. The molecule has 0 aromatic carbocycles. The van der Waals surface area contributed by atoms with E-state index in [9.17, 15) is 0 Å². The fourth-order valence-electron chi connectivity index (χ4n) is 0.866. The summed E-state index contributed by atoms with van der Waals surface area (Å²) in [5.74, 6) is -1.25. The summed E-state index contributed by atoms with van der Waals surface area (Å²) in [6.07, 6.45) is 2.62. The number of hydrogen-bond acceptors (Lipinski definition) is 1.